The Morgan fingerprint density at radius 3 is 0.887 bits per heavy atom. The fourth-order valence-corrected chi connectivity index (χ4v) is 17.7. The molecule has 0 aromatic carbocycles. The van der Waals surface area contributed by atoms with Crippen molar-refractivity contribution >= 4 is 143 Å². The van der Waals surface area contributed by atoms with Crippen LogP contribution in [-0.2, 0) is 88.2 Å². The number of carbonyl (C=O) groups excluding carboxylic acids is 6. The summed E-state index contributed by atoms with van der Waals surface area (Å²) < 4.78 is 71.2. The molecule has 2 aliphatic rings. The standard InChI is InChI=1S/C14H30O4Si.2C12H26O4Si.C11H24O5Si.2C9H19N5O2.2C8H18N.4ClH/c1-7-14(4,5)13(15)16-11-10-12-19(6,17-8-2)18-9-3;1-7-12(2,3)11(13)16-9-8-10-17(6,14-4)15-5;1-6-12(2,3)11(14)16-8-7-9-17(5,10-13)15-4;1-5-10(2)11(13)16-7-6-8-17(9-12,14-3)15-4;2*1-3-6(2)7(15)16-5-4-13-9(12)14-8(10)11;2*1-7-5-9(3,4)6-8(7)2;;;;/h7-12H2,1-6H3;7-10H2,1-6H3;13H,6-10H2,1-5H3;10,12H,5-9H2,1-4H3;2*6H,3-5H2,1-2H3,(H6,10,11,12,13,14);2*7-8H,5-6H2,1-4H3;4*1H/q;;;;;;2*+1;;;;. The van der Waals surface area contributed by atoms with E-state index in [1.54, 1.807) is 35.2 Å². The molecule has 0 aromatic rings. The van der Waals surface area contributed by atoms with Crippen LogP contribution in [0.1, 0.15) is 210 Å². The van der Waals surface area contributed by atoms with Gasteiger partial charge in [-0.3, -0.25) is 28.8 Å². The van der Waals surface area contributed by atoms with Gasteiger partial charge in [0.25, 0.3) is 0 Å². The van der Waals surface area contributed by atoms with Gasteiger partial charge in [0.15, 0.2) is 11.9 Å². The maximum atomic E-state index is 11.8. The molecule has 0 spiro atoms. The molecule has 8 atom stereocenters. The zero-order valence-electron chi connectivity index (χ0n) is 83.2. The van der Waals surface area contributed by atoms with Crippen LogP contribution in [-0.4, -0.2) is 281 Å². The number of quaternary nitrogens is 2. The monoisotopic (exact) mass is 1940 g/mol. The summed E-state index contributed by atoms with van der Waals surface area (Å²) in [4.78, 5) is 83.6. The molecule has 0 radical (unpaired) electrons. The van der Waals surface area contributed by atoms with Crippen molar-refractivity contribution in [3.05, 3.63) is 0 Å². The molecule has 2 fully saturated rings. The molecule has 0 aromatic heterocycles. The largest absolute Gasteiger partial charge is 0.465 e. The molecule has 2 heterocycles. The zero-order valence-corrected chi connectivity index (χ0v) is 90.5. The highest BCUT2D eigenvalue weighted by Crippen LogP contribution is 2.28. The Hall–Kier alpha value is -4.11. The van der Waals surface area contributed by atoms with E-state index in [0.717, 1.165) is 99.6 Å². The van der Waals surface area contributed by atoms with Crippen molar-refractivity contribution in [2.45, 2.75) is 253 Å². The highest BCUT2D eigenvalue weighted by atomic mass is 35.5. The van der Waals surface area contributed by atoms with E-state index in [1.807, 2.05) is 117 Å². The highest BCUT2D eigenvalue weighted by molar-refractivity contribution is 6.72. The highest BCUT2D eigenvalue weighted by Gasteiger charge is 2.38. The first-order valence-electron chi connectivity index (χ1n) is 43.1. The number of halogens is 4. The van der Waals surface area contributed by atoms with E-state index < -0.39 is 39.4 Å². The summed E-state index contributed by atoms with van der Waals surface area (Å²) in [7, 11) is 8.82. The number of aliphatic imine (C=N–C) groups is 4. The maximum Gasteiger partial charge on any atom is 0.364 e. The van der Waals surface area contributed by atoms with E-state index in [9.17, 15) is 39.0 Å². The Bertz CT molecular complexity index is 2720. The minimum absolute atomic E-state index is 0. The number of rotatable bonds is 45. The van der Waals surface area contributed by atoms with Gasteiger partial charge in [-0.1, -0.05) is 90.0 Å². The van der Waals surface area contributed by atoms with Crippen LogP contribution in [0.15, 0.2) is 20.0 Å². The lowest BCUT2D eigenvalue weighted by atomic mass is 9.91. The predicted molar refractivity (Wildman–Crippen MR) is 521 cm³/mol. The van der Waals surface area contributed by atoms with E-state index >= 15 is 0 Å². The molecule has 744 valence electrons. The second kappa shape index (κ2) is 75.5. The van der Waals surface area contributed by atoms with Gasteiger partial charge in [-0.2, -0.15) is 9.98 Å². The van der Waals surface area contributed by atoms with Gasteiger partial charge in [-0.25, -0.2) is 9.98 Å². The van der Waals surface area contributed by atoms with Crippen molar-refractivity contribution in [2.75, 3.05) is 168 Å². The number of aliphatic hydroxyl groups excluding tert-OH is 2. The number of hydrogen-bond acceptors (Lipinski definition) is 23. The van der Waals surface area contributed by atoms with Crippen LogP contribution in [0, 0.1) is 57.7 Å². The number of carbonyl (C=O) groups is 6. The van der Waals surface area contributed by atoms with E-state index in [2.05, 4.69) is 82.4 Å². The third kappa shape index (κ3) is 69.8. The third-order valence-corrected chi connectivity index (χ3v) is 34.0. The number of esters is 6. The number of likely N-dealkylation sites (tertiary alicyclic amines) is 2. The van der Waals surface area contributed by atoms with E-state index in [0.29, 0.717) is 52.1 Å². The second-order valence-corrected chi connectivity index (χ2v) is 49.4. The van der Waals surface area contributed by atoms with Crippen LogP contribution in [0.3, 0.4) is 0 Å². The number of aliphatic hydroxyl groups is 2. The fourth-order valence-electron chi connectivity index (χ4n) is 10.9. The van der Waals surface area contributed by atoms with Crippen molar-refractivity contribution in [1.29, 1.82) is 0 Å². The van der Waals surface area contributed by atoms with Crippen LogP contribution in [0.2, 0.25) is 43.8 Å². The molecule has 124 heavy (non-hydrogen) atoms. The van der Waals surface area contributed by atoms with Gasteiger partial charge in [0.05, 0.1) is 140 Å². The van der Waals surface area contributed by atoms with Gasteiger partial charge in [-0.05, 0) is 163 Å². The molecule has 0 amide bonds. The molecule has 0 aliphatic carbocycles. The normalized spacial score (nSPS) is 17.0. The Morgan fingerprint density at radius 2 is 0.669 bits per heavy atom. The topological polar surface area (TPSA) is 468 Å². The minimum Gasteiger partial charge on any atom is -0.465 e. The Kier molecular flexibility index (Phi) is 85.5. The molecule has 33 nitrogen and oxygen atoms in total. The number of nitrogens with zero attached hydrogens (tertiary/aromatic N) is 6. The van der Waals surface area contributed by atoms with Gasteiger partial charge >= 0.3 is 61.5 Å². The number of ether oxygens (including phenoxy) is 6. The summed E-state index contributed by atoms with van der Waals surface area (Å²) in [5, 5.41) is 18.4. The molecular formula is C83H184Cl4N12O21Si4+2. The number of guanidine groups is 4. The Morgan fingerprint density at radius 1 is 0.403 bits per heavy atom. The lowest BCUT2D eigenvalue weighted by molar-refractivity contribution is -0.880. The SMILES string of the molecule is CC1C[N+](C)(C)CC1C.CC1C[N+](C)(C)CC1C.CCC(C)(C)C(=O)OCCC[Si](C)(CO)OC.CCC(C)(C)C(=O)OCCC[Si](C)(OC)OC.CCC(C)C(=O)OCCC[Si](CO)(OC)OC.CCC(C)C(=O)OCCN=C(N)N=C(N)N.CCC(C)C(=O)OCCN=C(N)N=C(N)N.CCO[Si](C)(CCCOC(=O)C(C)(C)CC)OCC.Cl.Cl.Cl.Cl. The molecule has 0 saturated carbocycles. The van der Waals surface area contributed by atoms with Crippen LogP contribution < -0.4 is 34.4 Å². The lowest BCUT2D eigenvalue weighted by Gasteiger charge is -2.26. The molecule has 2 saturated heterocycles. The van der Waals surface area contributed by atoms with Crippen molar-refractivity contribution in [3.8, 4) is 0 Å². The lowest BCUT2D eigenvalue weighted by Crippen LogP contribution is -2.44. The van der Waals surface area contributed by atoms with Crippen molar-refractivity contribution in [2.24, 2.45) is 112 Å². The van der Waals surface area contributed by atoms with Crippen LogP contribution in [0.25, 0.3) is 0 Å². The third-order valence-electron chi connectivity index (χ3n) is 21.8. The molecule has 41 heteroatoms. The first-order valence-corrected chi connectivity index (χ1v) is 53.2. The van der Waals surface area contributed by atoms with Gasteiger partial charge in [0.2, 0.25) is 20.2 Å². The summed E-state index contributed by atoms with van der Waals surface area (Å²) in [6.07, 6.45) is 7.64. The molecule has 0 bridgehead atoms. The molecule has 14 N–H and O–H groups in total. The van der Waals surface area contributed by atoms with Crippen LogP contribution in [0.5, 0.6) is 0 Å². The predicted octanol–water partition coefficient (Wildman–Crippen LogP) is 12.3. The average Bonchev–Trinajstić information content (AvgIpc) is 1.72. The fraction of sp³-hybridized carbons (Fsp3) is 0.880. The van der Waals surface area contributed by atoms with Gasteiger partial charge in [0, 0.05) is 72.4 Å². The van der Waals surface area contributed by atoms with Crippen LogP contribution >= 0.6 is 49.6 Å². The number of hydrogen-bond donors (Lipinski definition) is 8. The molecule has 2 rings (SSSR count). The molecular weight excluding hydrogens is 1760 g/mol. The smallest absolute Gasteiger partial charge is 0.364 e. The Labute approximate surface area is 779 Å². The van der Waals surface area contributed by atoms with E-state index in [-0.39, 0.29) is 177 Å². The first-order chi connectivity index (χ1) is 55.4. The van der Waals surface area contributed by atoms with Crippen molar-refractivity contribution in [3.63, 3.8) is 0 Å². The molecule has 2 aliphatic heterocycles. The summed E-state index contributed by atoms with van der Waals surface area (Å²) in [6.45, 7) is 57.3. The zero-order chi connectivity index (χ0) is 94.5. The minimum atomic E-state index is -2.46. The molecule has 8 unspecified atom stereocenters. The van der Waals surface area contributed by atoms with Crippen molar-refractivity contribution < 1.29 is 107 Å². The van der Waals surface area contributed by atoms with Crippen LogP contribution in [0.4, 0.5) is 0 Å². The van der Waals surface area contributed by atoms with Gasteiger partial charge in [-0.15, -0.1) is 49.6 Å². The Balaban J connectivity index is -0.000000150. The van der Waals surface area contributed by atoms with Gasteiger partial charge < -0.3 is 113 Å². The average molecular weight is 1940 g/mol. The summed E-state index contributed by atoms with van der Waals surface area (Å²) in [6, 6.07) is 3.11. The summed E-state index contributed by atoms with van der Waals surface area (Å²) in [5.74, 6) is 2.07. The number of nitrogens with two attached hydrogens (primary N) is 6. The summed E-state index contributed by atoms with van der Waals surface area (Å²) in [5.41, 5.74) is 29.8. The quantitative estimate of drug-likeness (QED) is 0.00534. The van der Waals surface area contributed by atoms with Gasteiger partial charge in [0.1, 0.15) is 13.2 Å². The summed E-state index contributed by atoms with van der Waals surface area (Å²) >= 11 is 0. The second-order valence-electron chi connectivity index (χ2n) is 34.9. The van der Waals surface area contributed by atoms with E-state index in [1.165, 1.54) is 49.4 Å². The van der Waals surface area contributed by atoms with Crippen molar-refractivity contribution in [1.82, 2.24) is 0 Å². The van der Waals surface area contributed by atoms with E-state index in [4.69, 9.17) is 93.8 Å². The first kappa shape index (κ1) is 140. The maximum absolute atomic E-state index is 11.8.